The summed E-state index contributed by atoms with van der Waals surface area (Å²) < 4.78 is 16.9. The van der Waals surface area contributed by atoms with E-state index in [-0.39, 0.29) is 31.1 Å². The Morgan fingerprint density at radius 3 is 0.694 bits per heavy atom. The Hall–Kier alpha value is -2.37. The maximum absolute atomic E-state index is 12.9. The van der Waals surface area contributed by atoms with Crippen molar-refractivity contribution in [2.75, 3.05) is 13.2 Å². The minimum Gasteiger partial charge on any atom is -0.462 e. The van der Waals surface area contributed by atoms with Crippen molar-refractivity contribution in [2.45, 2.75) is 354 Å². The van der Waals surface area contributed by atoms with Crippen LogP contribution >= 0.6 is 0 Å². The molecule has 0 heterocycles. The van der Waals surface area contributed by atoms with Gasteiger partial charge in [-0.25, -0.2) is 0 Å². The molecule has 1 unspecified atom stereocenters. The highest BCUT2D eigenvalue weighted by molar-refractivity contribution is 5.71. The van der Waals surface area contributed by atoms with Crippen LogP contribution in [-0.2, 0) is 28.6 Å². The van der Waals surface area contributed by atoms with Crippen molar-refractivity contribution < 1.29 is 28.6 Å². The van der Waals surface area contributed by atoms with Gasteiger partial charge in [-0.1, -0.05) is 269 Å². The molecule has 6 heteroatoms. The number of unbranched alkanes of at least 4 members (excludes halogenated alkanes) is 42. The van der Waals surface area contributed by atoms with Gasteiger partial charge in [-0.15, -0.1) is 0 Å². The molecule has 0 radical (unpaired) electrons. The van der Waals surface area contributed by atoms with Gasteiger partial charge in [-0.3, -0.25) is 14.4 Å². The largest absolute Gasteiger partial charge is 0.462 e. The first-order valence-electron chi connectivity index (χ1n) is 32.0. The lowest BCUT2D eigenvalue weighted by molar-refractivity contribution is -0.167. The van der Waals surface area contributed by atoms with E-state index in [1.54, 1.807) is 0 Å². The Bertz CT molecular complexity index is 1210. The zero-order chi connectivity index (χ0) is 52.2. The Labute approximate surface area is 448 Å². The molecule has 0 rings (SSSR count). The van der Waals surface area contributed by atoms with E-state index in [2.05, 4.69) is 57.2 Å². The van der Waals surface area contributed by atoms with Gasteiger partial charge in [-0.2, -0.15) is 0 Å². The monoisotopic (exact) mass is 1010 g/mol. The first-order valence-corrected chi connectivity index (χ1v) is 32.0. The summed E-state index contributed by atoms with van der Waals surface area (Å²) in [4.78, 5) is 38.3. The van der Waals surface area contributed by atoms with Crippen LogP contribution in [0, 0.1) is 0 Å². The molecule has 6 nitrogen and oxygen atoms in total. The van der Waals surface area contributed by atoms with Gasteiger partial charge in [0.1, 0.15) is 13.2 Å². The molecule has 0 spiro atoms. The molecular weight excluding hydrogens is 889 g/mol. The van der Waals surface area contributed by atoms with Crippen LogP contribution in [0.3, 0.4) is 0 Å². The van der Waals surface area contributed by atoms with Crippen molar-refractivity contribution in [3.63, 3.8) is 0 Å². The molecule has 0 aliphatic rings. The maximum atomic E-state index is 12.9. The Morgan fingerprint density at radius 1 is 0.264 bits per heavy atom. The third kappa shape index (κ3) is 58.5. The van der Waals surface area contributed by atoms with Crippen LogP contribution in [0.2, 0.25) is 0 Å². The second kappa shape index (κ2) is 61.2. The van der Waals surface area contributed by atoms with E-state index in [1.807, 2.05) is 0 Å². The predicted molar refractivity (Wildman–Crippen MR) is 312 cm³/mol. The van der Waals surface area contributed by atoms with Crippen molar-refractivity contribution in [2.24, 2.45) is 0 Å². The summed E-state index contributed by atoms with van der Waals surface area (Å²) in [6, 6.07) is 0. The first kappa shape index (κ1) is 69.6. The van der Waals surface area contributed by atoms with Gasteiger partial charge in [0.2, 0.25) is 0 Å². The molecule has 0 amide bonds. The summed E-state index contributed by atoms with van der Waals surface area (Å²) in [6.45, 7) is 6.67. The number of hydrogen-bond acceptors (Lipinski definition) is 6. The lowest BCUT2D eigenvalue weighted by atomic mass is 10.1. The molecule has 0 aliphatic carbocycles. The van der Waals surface area contributed by atoms with Crippen molar-refractivity contribution in [3.8, 4) is 0 Å². The van der Waals surface area contributed by atoms with E-state index in [1.165, 1.54) is 244 Å². The van der Waals surface area contributed by atoms with Crippen molar-refractivity contribution >= 4 is 17.9 Å². The smallest absolute Gasteiger partial charge is 0.306 e. The third-order valence-electron chi connectivity index (χ3n) is 14.3. The van der Waals surface area contributed by atoms with Crippen LogP contribution in [0.25, 0.3) is 0 Å². The lowest BCUT2D eigenvalue weighted by Gasteiger charge is -2.18. The number of hydrogen-bond donors (Lipinski definition) is 0. The first-order chi connectivity index (χ1) is 35.5. The SMILES string of the molecule is CCCCCCC/C=C\CCCCCCCC(=O)OCC(COC(=O)CCCCCCCCCCC/C=C\CCCCCCCCCC)OC(=O)CCCCCCCCCCC/C=C\CCCCCCCC. The number of rotatable bonds is 59. The normalized spacial score (nSPS) is 12.2. The second-order valence-electron chi connectivity index (χ2n) is 21.7. The maximum Gasteiger partial charge on any atom is 0.306 e. The number of carbonyl (C=O) groups excluding carboxylic acids is 3. The van der Waals surface area contributed by atoms with E-state index in [9.17, 15) is 14.4 Å². The van der Waals surface area contributed by atoms with E-state index >= 15 is 0 Å². The Morgan fingerprint density at radius 2 is 0.458 bits per heavy atom. The number of carbonyl (C=O) groups is 3. The molecule has 422 valence electrons. The molecule has 0 aromatic rings. The standard InChI is InChI=1S/C66H122O6/c1-4-7-10-13-16-19-22-25-28-30-32-33-35-36-38-41-44-47-50-53-56-59-65(68)71-62-63(61-70-64(67)58-55-52-49-46-43-40-27-24-21-18-15-12-9-6-3)72-66(69)60-57-54-51-48-45-42-39-37-34-31-29-26-23-20-17-14-11-8-5-2/h24,26-27,29-30,32,63H,4-23,25,28,31,33-62H2,1-3H3/b27-24-,29-26-,32-30-. The zero-order valence-electron chi connectivity index (χ0n) is 48.5. The summed E-state index contributed by atoms with van der Waals surface area (Å²) >= 11 is 0. The van der Waals surface area contributed by atoms with Crippen molar-refractivity contribution in [1.82, 2.24) is 0 Å². The van der Waals surface area contributed by atoms with Crippen LogP contribution < -0.4 is 0 Å². The molecule has 0 bridgehead atoms. The third-order valence-corrected chi connectivity index (χ3v) is 14.3. The lowest BCUT2D eigenvalue weighted by Crippen LogP contribution is -2.30. The van der Waals surface area contributed by atoms with Gasteiger partial charge in [0.05, 0.1) is 0 Å². The summed E-state index contributed by atoms with van der Waals surface area (Å²) in [5.74, 6) is -0.865. The van der Waals surface area contributed by atoms with Gasteiger partial charge in [0, 0.05) is 19.3 Å². The van der Waals surface area contributed by atoms with Crippen LogP contribution in [0.4, 0.5) is 0 Å². The van der Waals surface area contributed by atoms with Crippen LogP contribution in [0.5, 0.6) is 0 Å². The minimum atomic E-state index is -0.777. The Kier molecular flexibility index (Phi) is 59.2. The molecule has 0 aromatic carbocycles. The fourth-order valence-corrected chi connectivity index (χ4v) is 9.49. The van der Waals surface area contributed by atoms with Gasteiger partial charge < -0.3 is 14.2 Å². The summed E-state index contributed by atoms with van der Waals surface area (Å²) in [7, 11) is 0. The van der Waals surface area contributed by atoms with E-state index < -0.39 is 6.10 Å². The molecule has 0 saturated heterocycles. The van der Waals surface area contributed by atoms with E-state index in [4.69, 9.17) is 14.2 Å². The number of ether oxygens (including phenoxy) is 3. The van der Waals surface area contributed by atoms with Crippen LogP contribution in [0.15, 0.2) is 36.5 Å². The topological polar surface area (TPSA) is 78.9 Å². The molecule has 0 fully saturated rings. The average molecular weight is 1010 g/mol. The van der Waals surface area contributed by atoms with Crippen LogP contribution in [0.1, 0.15) is 348 Å². The van der Waals surface area contributed by atoms with Crippen molar-refractivity contribution in [3.05, 3.63) is 36.5 Å². The summed E-state index contributed by atoms with van der Waals surface area (Å²) in [5.41, 5.74) is 0. The van der Waals surface area contributed by atoms with Crippen LogP contribution in [-0.4, -0.2) is 37.2 Å². The Balaban J connectivity index is 4.32. The summed E-state index contributed by atoms with van der Waals surface area (Å²) in [5, 5.41) is 0. The molecule has 0 aromatic heterocycles. The fraction of sp³-hybridized carbons (Fsp3) is 0.864. The second-order valence-corrected chi connectivity index (χ2v) is 21.7. The zero-order valence-corrected chi connectivity index (χ0v) is 48.5. The molecule has 1 atom stereocenters. The number of esters is 3. The average Bonchev–Trinajstić information content (AvgIpc) is 3.38. The predicted octanol–water partition coefficient (Wildman–Crippen LogP) is 21.6. The van der Waals surface area contributed by atoms with Crippen molar-refractivity contribution in [1.29, 1.82) is 0 Å². The molecule has 0 aliphatic heterocycles. The molecule has 0 saturated carbocycles. The van der Waals surface area contributed by atoms with Gasteiger partial charge in [0.25, 0.3) is 0 Å². The summed E-state index contributed by atoms with van der Waals surface area (Å²) in [6.07, 6.45) is 74.3. The van der Waals surface area contributed by atoms with E-state index in [0.29, 0.717) is 19.3 Å². The highest BCUT2D eigenvalue weighted by Gasteiger charge is 2.19. The van der Waals surface area contributed by atoms with Gasteiger partial charge in [0.15, 0.2) is 6.10 Å². The van der Waals surface area contributed by atoms with Gasteiger partial charge in [-0.05, 0) is 96.3 Å². The highest BCUT2D eigenvalue weighted by atomic mass is 16.6. The number of allylic oxidation sites excluding steroid dienone is 6. The molecular formula is C66H122O6. The minimum absolute atomic E-state index is 0.0737. The van der Waals surface area contributed by atoms with Gasteiger partial charge >= 0.3 is 17.9 Å². The molecule has 72 heavy (non-hydrogen) atoms. The van der Waals surface area contributed by atoms with E-state index in [0.717, 1.165) is 64.2 Å². The quantitative estimate of drug-likeness (QED) is 0.0261. The highest BCUT2D eigenvalue weighted by Crippen LogP contribution is 2.17. The fourth-order valence-electron chi connectivity index (χ4n) is 9.49. The molecule has 0 N–H and O–H groups in total.